The van der Waals surface area contributed by atoms with Crippen LogP contribution in [0, 0.1) is 6.92 Å². The Kier molecular flexibility index (Phi) is 14.5. The summed E-state index contributed by atoms with van der Waals surface area (Å²) < 4.78 is 5.21. The Morgan fingerprint density at radius 2 is 1.75 bits per heavy atom. The van der Waals surface area contributed by atoms with Crippen LogP contribution in [0.3, 0.4) is 0 Å². The highest BCUT2D eigenvalue weighted by Gasteiger charge is 2.17. The predicted octanol–water partition coefficient (Wildman–Crippen LogP) is 4.13. The van der Waals surface area contributed by atoms with Crippen molar-refractivity contribution in [2.75, 3.05) is 76.9 Å². The number of aliphatic hydroxyl groups is 1. The maximum absolute atomic E-state index is 12.9. The Hall–Kier alpha value is -4.12. The number of morpholine rings is 1. The number of hydrogen-bond acceptors (Lipinski definition) is 8. The van der Waals surface area contributed by atoms with Crippen LogP contribution in [0.2, 0.25) is 0 Å². The summed E-state index contributed by atoms with van der Waals surface area (Å²) in [6, 6.07) is 17.0. The number of benzene rings is 2. The SMILES string of the molecule is CN(C=O)CCN1CCOCC1.CO.Cc1cccc(C(=O)Nc2ccc(N3CCCCC3)cc2-c2cc(C=O)ccn2)c1. The fourth-order valence-electron chi connectivity index (χ4n) is 5.03. The van der Waals surface area contributed by atoms with E-state index in [0.717, 1.165) is 89.1 Å². The number of piperidine rings is 1. The number of carbonyl (C=O) groups excluding carboxylic acids is 3. The summed E-state index contributed by atoms with van der Waals surface area (Å²) in [5.41, 5.74) is 5.45. The van der Waals surface area contributed by atoms with Gasteiger partial charge in [-0.1, -0.05) is 17.7 Å². The number of amides is 2. The number of aldehydes is 1. The molecule has 0 spiro atoms. The Morgan fingerprint density at radius 1 is 1.00 bits per heavy atom. The maximum Gasteiger partial charge on any atom is 0.255 e. The number of nitrogens with zero attached hydrogens (tertiary/aromatic N) is 4. The van der Waals surface area contributed by atoms with Crippen molar-refractivity contribution in [1.82, 2.24) is 14.8 Å². The summed E-state index contributed by atoms with van der Waals surface area (Å²) in [6.07, 6.45) is 6.92. The molecule has 2 aromatic carbocycles. The largest absolute Gasteiger partial charge is 0.400 e. The van der Waals surface area contributed by atoms with Crippen molar-refractivity contribution in [2.24, 2.45) is 0 Å². The van der Waals surface area contributed by atoms with E-state index in [0.29, 0.717) is 22.5 Å². The second kappa shape index (κ2) is 18.5. The van der Waals surface area contributed by atoms with Crippen molar-refractivity contribution in [3.8, 4) is 11.3 Å². The van der Waals surface area contributed by atoms with Crippen LogP contribution in [-0.4, -0.2) is 105 Å². The summed E-state index contributed by atoms with van der Waals surface area (Å²) in [5.74, 6) is -0.169. The third-order valence-electron chi connectivity index (χ3n) is 7.50. The summed E-state index contributed by atoms with van der Waals surface area (Å²) in [7, 11) is 2.80. The number of aliphatic hydroxyl groups excluding tert-OH is 1. The molecule has 44 heavy (non-hydrogen) atoms. The molecule has 2 aliphatic heterocycles. The van der Waals surface area contributed by atoms with Gasteiger partial charge in [-0.2, -0.15) is 0 Å². The van der Waals surface area contributed by atoms with Crippen LogP contribution in [0.1, 0.15) is 45.5 Å². The van der Waals surface area contributed by atoms with Crippen molar-refractivity contribution in [3.63, 3.8) is 0 Å². The van der Waals surface area contributed by atoms with Gasteiger partial charge in [0.15, 0.2) is 0 Å². The molecule has 2 N–H and O–H groups in total. The van der Waals surface area contributed by atoms with Gasteiger partial charge in [-0.15, -0.1) is 0 Å². The van der Waals surface area contributed by atoms with Crippen molar-refractivity contribution in [3.05, 3.63) is 77.5 Å². The molecule has 10 heteroatoms. The first-order valence-electron chi connectivity index (χ1n) is 15.1. The molecule has 2 saturated heterocycles. The predicted molar refractivity (Wildman–Crippen MR) is 174 cm³/mol. The number of nitrogens with one attached hydrogen (secondary N) is 1. The number of aromatic nitrogens is 1. The van der Waals surface area contributed by atoms with E-state index in [1.807, 2.05) is 37.3 Å². The van der Waals surface area contributed by atoms with Crippen LogP contribution >= 0.6 is 0 Å². The van der Waals surface area contributed by atoms with E-state index in [-0.39, 0.29) is 5.91 Å². The van der Waals surface area contributed by atoms with Crippen molar-refractivity contribution in [2.45, 2.75) is 26.2 Å². The summed E-state index contributed by atoms with van der Waals surface area (Å²) in [6.45, 7) is 9.41. The topological polar surface area (TPSA) is 115 Å². The number of likely N-dealkylation sites (N-methyl/N-ethyl adjacent to an activating group) is 1. The van der Waals surface area contributed by atoms with E-state index in [4.69, 9.17) is 9.84 Å². The number of carbonyl (C=O) groups is 3. The average molecular weight is 604 g/mol. The molecule has 3 heterocycles. The molecular formula is C34H45N5O5. The lowest BCUT2D eigenvalue weighted by atomic mass is 10.0. The second-order valence-corrected chi connectivity index (χ2v) is 10.7. The summed E-state index contributed by atoms with van der Waals surface area (Å²) in [4.78, 5) is 45.2. The van der Waals surface area contributed by atoms with Crippen molar-refractivity contribution in [1.29, 1.82) is 0 Å². The zero-order valence-corrected chi connectivity index (χ0v) is 26.1. The van der Waals surface area contributed by atoms with Gasteiger partial charge >= 0.3 is 0 Å². The zero-order valence-electron chi connectivity index (χ0n) is 26.1. The van der Waals surface area contributed by atoms with Gasteiger partial charge in [0, 0.05) is 82.0 Å². The molecule has 2 fully saturated rings. The molecule has 0 radical (unpaired) electrons. The molecule has 236 valence electrons. The number of anilines is 2. The number of hydrogen-bond donors (Lipinski definition) is 2. The van der Waals surface area contributed by atoms with Gasteiger partial charge in [0.1, 0.15) is 6.29 Å². The van der Waals surface area contributed by atoms with Gasteiger partial charge < -0.3 is 25.0 Å². The van der Waals surface area contributed by atoms with E-state index in [1.54, 1.807) is 36.3 Å². The highest BCUT2D eigenvalue weighted by Crippen LogP contribution is 2.33. The molecule has 2 amide bonds. The van der Waals surface area contributed by atoms with Crippen molar-refractivity contribution < 1.29 is 24.2 Å². The van der Waals surface area contributed by atoms with Crippen LogP contribution < -0.4 is 10.2 Å². The number of ether oxygens (including phenoxy) is 1. The van der Waals surface area contributed by atoms with Crippen LogP contribution in [0.25, 0.3) is 11.3 Å². The highest BCUT2D eigenvalue weighted by atomic mass is 16.5. The Labute approximate surface area is 260 Å². The number of rotatable bonds is 9. The lowest BCUT2D eigenvalue weighted by Gasteiger charge is -2.29. The molecule has 5 rings (SSSR count). The summed E-state index contributed by atoms with van der Waals surface area (Å²) in [5, 5.41) is 10.0. The normalized spacial score (nSPS) is 14.7. The molecule has 0 unspecified atom stereocenters. The van der Waals surface area contributed by atoms with Gasteiger partial charge in [0.2, 0.25) is 6.41 Å². The number of aryl methyl sites for hydroxylation is 1. The molecule has 0 aliphatic carbocycles. The fraction of sp³-hybridized carbons (Fsp3) is 0.412. The molecule has 3 aromatic rings. The highest BCUT2D eigenvalue weighted by molar-refractivity contribution is 6.06. The lowest BCUT2D eigenvalue weighted by Crippen LogP contribution is -2.40. The minimum absolute atomic E-state index is 0.169. The second-order valence-electron chi connectivity index (χ2n) is 10.7. The van der Waals surface area contributed by atoms with E-state index in [9.17, 15) is 14.4 Å². The molecule has 10 nitrogen and oxygen atoms in total. The van der Waals surface area contributed by atoms with Gasteiger partial charge in [0.05, 0.1) is 24.6 Å². The first-order chi connectivity index (χ1) is 21.5. The smallest absolute Gasteiger partial charge is 0.255 e. The third kappa shape index (κ3) is 10.6. The Balaban J connectivity index is 0.000000317. The Bertz CT molecular complexity index is 1340. The van der Waals surface area contributed by atoms with E-state index in [2.05, 4.69) is 26.2 Å². The Morgan fingerprint density at radius 3 is 2.43 bits per heavy atom. The monoisotopic (exact) mass is 603 g/mol. The van der Waals surface area contributed by atoms with E-state index in [1.165, 1.54) is 19.3 Å². The van der Waals surface area contributed by atoms with E-state index >= 15 is 0 Å². The van der Waals surface area contributed by atoms with Gasteiger partial charge in [-0.05, 0) is 68.7 Å². The average Bonchev–Trinajstić information content (AvgIpc) is 3.09. The van der Waals surface area contributed by atoms with Crippen LogP contribution in [0.5, 0.6) is 0 Å². The molecule has 0 atom stereocenters. The first kappa shape index (κ1) is 34.4. The van der Waals surface area contributed by atoms with Crippen LogP contribution in [-0.2, 0) is 9.53 Å². The third-order valence-corrected chi connectivity index (χ3v) is 7.50. The quantitative estimate of drug-likeness (QED) is 0.351. The van der Waals surface area contributed by atoms with Gasteiger partial charge in [-0.25, -0.2) is 0 Å². The standard InChI is InChI=1S/C25H25N3O2.C8H16N2O2.CH4O/c1-18-6-5-7-20(14-18)25(30)27-23-9-8-21(28-12-3-2-4-13-28)16-22(23)24-15-19(17-29)10-11-26-24;1-9(8-11)2-3-10-4-6-12-7-5-10;1-2/h5-11,14-17H,2-4,12-13H2,1H3,(H,27,30);8H,2-7H2,1H3;2H,1H3. The molecule has 0 saturated carbocycles. The van der Waals surface area contributed by atoms with Crippen LogP contribution in [0.15, 0.2) is 60.8 Å². The van der Waals surface area contributed by atoms with Crippen LogP contribution in [0.4, 0.5) is 11.4 Å². The molecular weight excluding hydrogens is 558 g/mol. The van der Waals surface area contributed by atoms with E-state index < -0.39 is 0 Å². The minimum Gasteiger partial charge on any atom is -0.400 e. The van der Waals surface area contributed by atoms with Crippen molar-refractivity contribution >= 4 is 30.0 Å². The fourth-order valence-corrected chi connectivity index (χ4v) is 5.03. The zero-order chi connectivity index (χ0) is 31.7. The number of pyridine rings is 1. The molecule has 2 aliphatic rings. The maximum atomic E-state index is 12.9. The van der Waals surface area contributed by atoms with Gasteiger partial charge in [-0.3, -0.25) is 24.3 Å². The molecule has 0 bridgehead atoms. The van der Waals surface area contributed by atoms with Gasteiger partial charge in [0.25, 0.3) is 5.91 Å². The summed E-state index contributed by atoms with van der Waals surface area (Å²) >= 11 is 0. The lowest BCUT2D eigenvalue weighted by molar-refractivity contribution is -0.117. The minimum atomic E-state index is -0.169. The molecule has 1 aromatic heterocycles. The first-order valence-corrected chi connectivity index (χ1v) is 15.1.